The molecule has 3 aromatic rings. The molecule has 0 aliphatic heterocycles. The summed E-state index contributed by atoms with van der Waals surface area (Å²) in [7, 11) is 0. The second-order valence-corrected chi connectivity index (χ2v) is 5.60. The summed E-state index contributed by atoms with van der Waals surface area (Å²) >= 11 is 0. The van der Waals surface area contributed by atoms with E-state index in [4.69, 9.17) is 5.73 Å². The average molecular weight is 319 g/mol. The van der Waals surface area contributed by atoms with Crippen molar-refractivity contribution in [1.82, 2.24) is 15.0 Å². The first-order valence-corrected chi connectivity index (χ1v) is 8.13. The molecule has 2 aromatic heterocycles. The largest absolute Gasteiger partial charge is 0.383 e. The topological polar surface area (TPSA) is 76.7 Å². The number of hydrogen-bond acceptors (Lipinski definition) is 5. The summed E-state index contributed by atoms with van der Waals surface area (Å²) in [5.41, 5.74) is 7.92. The molecule has 3 rings (SSSR count). The number of aromatic nitrogens is 3. The van der Waals surface area contributed by atoms with Crippen molar-refractivity contribution in [2.24, 2.45) is 0 Å². The van der Waals surface area contributed by atoms with Crippen LogP contribution < -0.4 is 11.1 Å². The third-order valence-corrected chi connectivity index (χ3v) is 3.84. The second-order valence-electron chi connectivity index (χ2n) is 5.60. The van der Waals surface area contributed by atoms with Crippen molar-refractivity contribution in [1.29, 1.82) is 0 Å². The van der Waals surface area contributed by atoms with E-state index in [1.54, 1.807) is 12.4 Å². The third kappa shape index (κ3) is 3.68. The summed E-state index contributed by atoms with van der Waals surface area (Å²) in [5, 5.41) is 3.51. The van der Waals surface area contributed by atoms with E-state index in [0.717, 1.165) is 24.2 Å². The van der Waals surface area contributed by atoms with Crippen LogP contribution in [0.25, 0.3) is 11.4 Å². The zero-order valence-electron chi connectivity index (χ0n) is 13.7. The van der Waals surface area contributed by atoms with E-state index in [1.807, 2.05) is 24.3 Å². The lowest BCUT2D eigenvalue weighted by molar-refractivity contribution is 0.674. The van der Waals surface area contributed by atoms with E-state index < -0.39 is 0 Å². The monoisotopic (exact) mass is 319 g/mol. The standard InChI is InChI=1S/C19H21N5/c1-2-7-16(14-8-4-3-5-9-14)23-17-11-13-22-19(24-17)15-10-6-12-21-18(15)20/h3-6,8-13,16H,2,7H2,1H3,(H2,20,21)(H,22,23,24). The number of nitrogens with two attached hydrogens (primary N) is 1. The fraction of sp³-hybridized carbons (Fsp3) is 0.211. The van der Waals surface area contributed by atoms with Crippen LogP contribution in [0, 0.1) is 0 Å². The van der Waals surface area contributed by atoms with Crippen LogP contribution >= 0.6 is 0 Å². The molecular formula is C19H21N5. The molecule has 0 amide bonds. The minimum Gasteiger partial charge on any atom is -0.383 e. The van der Waals surface area contributed by atoms with Crippen LogP contribution in [-0.4, -0.2) is 15.0 Å². The molecule has 0 radical (unpaired) electrons. The second kappa shape index (κ2) is 7.55. The smallest absolute Gasteiger partial charge is 0.165 e. The number of nitrogens with zero attached hydrogens (tertiary/aromatic N) is 3. The van der Waals surface area contributed by atoms with E-state index in [0.29, 0.717) is 11.6 Å². The maximum absolute atomic E-state index is 5.93. The summed E-state index contributed by atoms with van der Waals surface area (Å²) in [5.74, 6) is 1.79. The van der Waals surface area contributed by atoms with Gasteiger partial charge in [-0.25, -0.2) is 15.0 Å². The first-order chi connectivity index (χ1) is 11.8. The van der Waals surface area contributed by atoms with Gasteiger partial charge in [-0.15, -0.1) is 0 Å². The van der Waals surface area contributed by atoms with Gasteiger partial charge < -0.3 is 11.1 Å². The molecule has 0 aliphatic carbocycles. The fourth-order valence-electron chi connectivity index (χ4n) is 2.65. The minimum absolute atomic E-state index is 0.213. The van der Waals surface area contributed by atoms with Gasteiger partial charge >= 0.3 is 0 Å². The predicted octanol–water partition coefficient (Wildman–Crippen LogP) is 4.07. The highest BCUT2D eigenvalue weighted by molar-refractivity contribution is 5.68. The number of anilines is 2. The van der Waals surface area contributed by atoms with E-state index in [9.17, 15) is 0 Å². The molecule has 2 heterocycles. The van der Waals surface area contributed by atoms with Crippen LogP contribution in [-0.2, 0) is 0 Å². The fourth-order valence-corrected chi connectivity index (χ4v) is 2.65. The first kappa shape index (κ1) is 15.9. The van der Waals surface area contributed by atoms with Crippen LogP contribution in [0.4, 0.5) is 11.6 Å². The lowest BCUT2D eigenvalue weighted by atomic mass is 10.0. The van der Waals surface area contributed by atoms with E-state index in [1.165, 1.54) is 5.56 Å². The quantitative estimate of drug-likeness (QED) is 0.716. The number of nitrogen functional groups attached to an aromatic ring is 1. The highest BCUT2D eigenvalue weighted by atomic mass is 15.0. The molecule has 0 aliphatic rings. The van der Waals surface area contributed by atoms with Gasteiger partial charge in [0.2, 0.25) is 0 Å². The predicted molar refractivity (Wildman–Crippen MR) is 97.4 cm³/mol. The number of hydrogen-bond donors (Lipinski definition) is 2. The van der Waals surface area contributed by atoms with Crippen molar-refractivity contribution in [3.05, 3.63) is 66.5 Å². The lowest BCUT2D eigenvalue weighted by Crippen LogP contribution is -2.12. The van der Waals surface area contributed by atoms with Crippen molar-refractivity contribution in [3.8, 4) is 11.4 Å². The number of benzene rings is 1. The molecule has 0 saturated heterocycles. The maximum atomic E-state index is 5.93. The van der Waals surface area contributed by atoms with Crippen molar-refractivity contribution in [2.75, 3.05) is 11.1 Å². The summed E-state index contributed by atoms with van der Waals surface area (Å²) in [4.78, 5) is 13.0. The zero-order chi connectivity index (χ0) is 16.8. The molecule has 0 saturated carbocycles. The molecular weight excluding hydrogens is 298 g/mol. The highest BCUT2D eigenvalue weighted by Crippen LogP contribution is 2.25. The molecule has 0 spiro atoms. The molecule has 1 aromatic carbocycles. The Hall–Kier alpha value is -2.95. The minimum atomic E-state index is 0.213. The highest BCUT2D eigenvalue weighted by Gasteiger charge is 2.12. The molecule has 1 atom stereocenters. The Bertz CT molecular complexity index is 789. The van der Waals surface area contributed by atoms with Gasteiger partial charge in [-0.05, 0) is 30.2 Å². The maximum Gasteiger partial charge on any atom is 0.165 e. The molecule has 5 nitrogen and oxygen atoms in total. The number of nitrogens with one attached hydrogen (secondary N) is 1. The Morgan fingerprint density at radius 2 is 1.83 bits per heavy atom. The van der Waals surface area contributed by atoms with Crippen LogP contribution in [0.2, 0.25) is 0 Å². The Morgan fingerprint density at radius 3 is 2.58 bits per heavy atom. The van der Waals surface area contributed by atoms with Gasteiger partial charge in [0, 0.05) is 12.4 Å². The van der Waals surface area contributed by atoms with Crippen molar-refractivity contribution >= 4 is 11.6 Å². The van der Waals surface area contributed by atoms with Gasteiger partial charge in [0.1, 0.15) is 11.6 Å². The van der Waals surface area contributed by atoms with Gasteiger partial charge in [-0.2, -0.15) is 0 Å². The summed E-state index contributed by atoms with van der Waals surface area (Å²) < 4.78 is 0. The molecule has 24 heavy (non-hydrogen) atoms. The van der Waals surface area contributed by atoms with Gasteiger partial charge in [0.05, 0.1) is 11.6 Å². The Balaban J connectivity index is 1.87. The van der Waals surface area contributed by atoms with Gasteiger partial charge in [-0.1, -0.05) is 43.7 Å². The lowest BCUT2D eigenvalue weighted by Gasteiger charge is -2.19. The van der Waals surface area contributed by atoms with Crippen LogP contribution in [0.1, 0.15) is 31.4 Å². The van der Waals surface area contributed by atoms with Crippen LogP contribution in [0.5, 0.6) is 0 Å². The zero-order valence-corrected chi connectivity index (χ0v) is 13.7. The Kier molecular flexibility index (Phi) is 5.01. The number of rotatable bonds is 6. The summed E-state index contributed by atoms with van der Waals surface area (Å²) in [6.45, 7) is 2.18. The molecule has 0 fully saturated rings. The average Bonchev–Trinajstić information content (AvgIpc) is 2.63. The van der Waals surface area contributed by atoms with Crippen LogP contribution in [0.15, 0.2) is 60.9 Å². The van der Waals surface area contributed by atoms with Crippen molar-refractivity contribution < 1.29 is 0 Å². The molecule has 5 heteroatoms. The Morgan fingerprint density at radius 1 is 1.00 bits per heavy atom. The molecule has 1 unspecified atom stereocenters. The number of pyridine rings is 1. The molecule has 122 valence electrons. The van der Waals surface area contributed by atoms with E-state index in [2.05, 4.69) is 51.5 Å². The van der Waals surface area contributed by atoms with Crippen molar-refractivity contribution in [3.63, 3.8) is 0 Å². The Labute approximate surface area is 142 Å². The van der Waals surface area contributed by atoms with Gasteiger partial charge in [-0.3, -0.25) is 0 Å². The normalized spacial score (nSPS) is 11.9. The van der Waals surface area contributed by atoms with Gasteiger partial charge in [0.25, 0.3) is 0 Å². The van der Waals surface area contributed by atoms with E-state index >= 15 is 0 Å². The van der Waals surface area contributed by atoms with Crippen LogP contribution in [0.3, 0.4) is 0 Å². The molecule has 3 N–H and O–H groups in total. The SMILES string of the molecule is CCCC(Nc1ccnc(-c2cccnc2N)n1)c1ccccc1. The summed E-state index contributed by atoms with van der Waals surface area (Å²) in [6.07, 6.45) is 5.51. The van der Waals surface area contributed by atoms with Crippen molar-refractivity contribution in [2.45, 2.75) is 25.8 Å². The van der Waals surface area contributed by atoms with Gasteiger partial charge in [0.15, 0.2) is 5.82 Å². The third-order valence-electron chi connectivity index (χ3n) is 3.84. The summed E-state index contributed by atoms with van der Waals surface area (Å²) in [6, 6.07) is 16.2. The van der Waals surface area contributed by atoms with E-state index in [-0.39, 0.29) is 6.04 Å². The first-order valence-electron chi connectivity index (χ1n) is 8.13. The molecule has 0 bridgehead atoms.